The molecule has 0 saturated carbocycles. The Bertz CT molecular complexity index is 588. The Labute approximate surface area is 137 Å². The van der Waals surface area contributed by atoms with Crippen molar-refractivity contribution in [2.45, 2.75) is 11.8 Å². The first kappa shape index (κ1) is 18.3. The summed E-state index contributed by atoms with van der Waals surface area (Å²) in [6, 6.07) is 5.15. The second-order valence-electron chi connectivity index (χ2n) is 5.23. The van der Waals surface area contributed by atoms with Crippen LogP contribution in [-0.4, -0.2) is 57.5 Å². The number of ether oxygens (including phenoxy) is 2. The Kier molecular flexibility index (Phi) is 5.55. The highest BCUT2D eigenvalue weighted by Gasteiger charge is 2.65. The van der Waals surface area contributed by atoms with Gasteiger partial charge in [-0.25, -0.2) is 0 Å². The Morgan fingerprint density at radius 2 is 1.58 bits per heavy atom. The summed E-state index contributed by atoms with van der Waals surface area (Å²) >= 11 is 0. The minimum atomic E-state index is -4.58. The lowest BCUT2D eigenvalue weighted by molar-refractivity contribution is -0.166. The SMILES string of the molecule is COCCN(CCOC)C(=O)c1ccc(C2(C(F)(F)F)N=N2)cc1. The van der Waals surface area contributed by atoms with Gasteiger partial charge in [0.05, 0.1) is 13.2 Å². The standard InChI is InChI=1S/C15H18F3N3O3/c1-23-9-7-21(8-10-24-2)13(22)11-3-5-12(6-4-11)14(19-20-14)15(16,17)18/h3-6H,7-10H2,1-2H3. The van der Waals surface area contributed by atoms with Crippen molar-refractivity contribution in [2.24, 2.45) is 10.2 Å². The van der Waals surface area contributed by atoms with Crippen LogP contribution < -0.4 is 0 Å². The van der Waals surface area contributed by atoms with Gasteiger partial charge in [0.1, 0.15) is 0 Å². The van der Waals surface area contributed by atoms with Crippen molar-refractivity contribution in [3.05, 3.63) is 35.4 Å². The van der Waals surface area contributed by atoms with Crippen LogP contribution in [0.3, 0.4) is 0 Å². The van der Waals surface area contributed by atoms with Crippen LogP contribution in [0.15, 0.2) is 34.5 Å². The van der Waals surface area contributed by atoms with E-state index >= 15 is 0 Å². The van der Waals surface area contributed by atoms with Gasteiger partial charge in [0.2, 0.25) is 0 Å². The molecule has 0 unspecified atom stereocenters. The monoisotopic (exact) mass is 345 g/mol. The number of methoxy groups -OCH3 is 2. The zero-order valence-corrected chi connectivity index (χ0v) is 13.3. The molecule has 1 heterocycles. The van der Waals surface area contributed by atoms with E-state index in [1.165, 1.54) is 43.4 Å². The first-order valence-electron chi connectivity index (χ1n) is 7.24. The normalized spacial score (nSPS) is 15.4. The van der Waals surface area contributed by atoms with E-state index in [-0.39, 0.29) is 17.0 Å². The number of hydrogen-bond acceptors (Lipinski definition) is 5. The maximum atomic E-state index is 13.0. The van der Waals surface area contributed by atoms with Crippen molar-refractivity contribution in [1.82, 2.24) is 4.90 Å². The topological polar surface area (TPSA) is 63.5 Å². The maximum Gasteiger partial charge on any atom is 0.442 e. The quantitative estimate of drug-likeness (QED) is 0.727. The van der Waals surface area contributed by atoms with Crippen molar-refractivity contribution < 1.29 is 27.4 Å². The van der Waals surface area contributed by atoms with E-state index in [9.17, 15) is 18.0 Å². The van der Waals surface area contributed by atoms with Crippen molar-refractivity contribution in [1.29, 1.82) is 0 Å². The van der Waals surface area contributed by atoms with Crippen molar-refractivity contribution in [2.75, 3.05) is 40.5 Å². The third-order valence-electron chi connectivity index (χ3n) is 3.65. The molecule has 9 heteroatoms. The fourth-order valence-electron chi connectivity index (χ4n) is 2.19. The molecule has 6 nitrogen and oxygen atoms in total. The minimum Gasteiger partial charge on any atom is -0.383 e. The lowest BCUT2D eigenvalue weighted by Gasteiger charge is -2.22. The second kappa shape index (κ2) is 7.27. The molecule has 0 fully saturated rings. The highest BCUT2D eigenvalue weighted by molar-refractivity contribution is 5.94. The molecule has 0 aromatic heterocycles. The highest BCUT2D eigenvalue weighted by atomic mass is 19.4. The maximum absolute atomic E-state index is 13.0. The van der Waals surface area contributed by atoms with Gasteiger partial charge in [0.25, 0.3) is 5.91 Å². The van der Waals surface area contributed by atoms with Crippen LogP contribution in [0.4, 0.5) is 13.2 Å². The average Bonchev–Trinajstić information content (AvgIpc) is 3.36. The number of alkyl halides is 3. The van der Waals surface area contributed by atoms with E-state index in [2.05, 4.69) is 10.2 Å². The van der Waals surface area contributed by atoms with Gasteiger partial charge in [-0.05, 0) is 12.1 Å². The Morgan fingerprint density at radius 1 is 1.08 bits per heavy atom. The first-order chi connectivity index (χ1) is 11.4. The third kappa shape index (κ3) is 3.73. The van der Waals surface area contributed by atoms with Crippen LogP contribution in [0.25, 0.3) is 0 Å². The average molecular weight is 345 g/mol. The number of rotatable bonds is 8. The molecule has 0 saturated heterocycles. The molecule has 132 valence electrons. The molecule has 0 bridgehead atoms. The van der Waals surface area contributed by atoms with Gasteiger partial charge >= 0.3 is 11.8 Å². The molecular formula is C15H18F3N3O3. The number of nitrogens with zero attached hydrogens (tertiary/aromatic N) is 3. The number of benzene rings is 1. The Morgan fingerprint density at radius 3 is 1.96 bits per heavy atom. The van der Waals surface area contributed by atoms with E-state index in [1.54, 1.807) is 0 Å². The van der Waals surface area contributed by atoms with Gasteiger partial charge in [-0.3, -0.25) is 4.79 Å². The van der Waals surface area contributed by atoms with Crippen LogP contribution in [0.1, 0.15) is 15.9 Å². The Balaban J connectivity index is 2.12. The van der Waals surface area contributed by atoms with Crippen LogP contribution in [-0.2, 0) is 15.1 Å². The first-order valence-corrected chi connectivity index (χ1v) is 7.24. The van der Waals surface area contributed by atoms with Gasteiger partial charge in [0.15, 0.2) is 0 Å². The zero-order chi connectivity index (χ0) is 17.8. The van der Waals surface area contributed by atoms with Crippen LogP contribution in [0, 0.1) is 0 Å². The largest absolute Gasteiger partial charge is 0.442 e. The second-order valence-corrected chi connectivity index (χ2v) is 5.23. The van der Waals surface area contributed by atoms with Gasteiger partial charge < -0.3 is 14.4 Å². The van der Waals surface area contributed by atoms with E-state index in [1.807, 2.05) is 0 Å². The lowest BCUT2D eigenvalue weighted by Crippen LogP contribution is -2.36. The Hall–Kier alpha value is -2.00. The molecule has 2 rings (SSSR count). The van der Waals surface area contributed by atoms with Crippen molar-refractivity contribution in [3.8, 4) is 0 Å². The molecule has 24 heavy (non-hydrogen) atoms. The lowest BCUT2D eigenvalue weighted by atomic mass is 10.0. The third-order valence-corrected chi connectivity index (χ3v) is 3.65. The molecule has 0 spiro atoms. The van der Waals surface area contributed by atoms with Gasteiger partial charge in [-0.15, -0.1) is 10.2 Å². The number of carbonyl (C=O) groups is 1. The van der Waals surface area contributed by atoms with Crippen molar-refractivity contribution in [3.63, 3.8) is 0 Å². The predicted molar refractivity (Wildman–Crippen MR) is 78.7 cm³/mol. The molecule has 1 aromatic rings. The molecule has 0 radical (unpaired) electrons. The van der Waals surface area contributed by atoms with Gasteiger partial charge in [-0.2, -0.15) is 13.2 Å². The predicted octanol–water partition coefficient (Wildman–Crippen LogP) is 2.60. The summed E-state index contributed by atoms with van der Waals surface area (Å²) in [7, 11) is 3.04. The smallest absolute Gasteiger partial charge is 0.383 e. The number of halogens is 3. The number of carbonyl (C=O) groups excluding carboxylic acids is 1. The molecular weight excluding hydrogens is 327 g/mol. The van der Waals surface area contributed by atoms with E-state index in [0.29, 0.717) is 26.3 Å². The summed E-state index contributed by atoms with van der Waals surface area (Å²) in [6.07, 6.45) is -4.58. The fraction of sp³-hybridized carbons (Fsp3) is 0.533. The minimum absolute atomic E-state index is 0.105. The number of amides is 1. The van der Waals surface area contributed by atoms with Crippen LogP contribution in [0.5, 0.6) is 0 Å². The molecule has 1 aliphatic heterocycles. The molecule has 0 N–H and O–H groups in total. The summed E-state index contributed by atoms with van der Waals surface area (Å²) in [4.78, 5) is 14.0. The van der Waals surface area contributed by atoms with Crippen LogP contribution in [0.2, 0.25) is 0 Å². The molecule has 1 aliphatic rings. The van der Waals surface area contributed by atoms with E-state index < -0.39 is 11.8 Å². The summed E-state index contributed by atoms with van der Waals surface area (Å²) < 4.78 is 48.8. The molecule has 1 amide bonds. The molecule has 0 aliphatic carbocycles. The number of hydrogen-bond donors (Lipinski definition) is 0. The summed E-state index contributed by atoms with van der Waals surface area (Å²) in [5.41, 5.74) is -2.30. The summed E-state index contributed by atoms with van der Waals surface area (Å²) in [5.74, 6) is -0.304. The fourth-order valence-corrected chi connectivity index (χ4v) is 2.19. The summed E-state index contributed by atoms with van der Waals surface area (Å²) in [6.45, 7) is 1.42. The zero-order valence-electron chi connectivity index (χ0n) is 13.3. The van der Waals surface area contributed by atoms with Crippen LogP contribution >= 0.6 is 0 Å². The summed E-state index contributed by atoms with van der Waals surface area (Å²) in [5, 5.41) is 6.28. The van der Waals surface area contributed by atoms with E-state index in [4.69, 9.17) is 9.47 Å². The molecule has 0 atom stereocenters. The van der Waals surface area contributed by atoms with E-state index in [0.717, 1.165) is 0 Å². The molecule has 1 aromatic carbocycles. The highest BCUT2D eigenvalue weighted by Crippen LogP contribution is 2.52. The van der Waals surface area contributed by atoms with Gasteiger partial charge in [-0.1, -0.05) is 12.1 Å². The van der Waals surface area contributed by atoms with Gasteiger partial charge in [0, 0.05) is 38.4 Å². The van der Waals surface area contributed by atoms with Crippen molar-refractivity contribution >= 4 is 5.91 Å².